The second-order valence-corrected chi connectivity index (χ2v) is 17.6. The van der Waals surface area contributed by atoms with Crippen molar-refractivity contribution >= 4 is 14.6 Å². The second kappa shape index (κ2) is 24.0. The number of benzene rings is 5. The Morgan fingerprint density at radius 2 is 1.19 bits per heavy atom. The Balaban J connectivity index is 0.993. The van der Waals surface area contributed by atoms with Gasteiger partial charge in [-0.05, 0) is 106 Å². The number of methoxy groups -OCH3 is 2. The number of hydrogen-bond acceptors (Lipinski definition) is 8. The van der Waals surface area contributed by atoms with Crippen LogP contribution >= 0.6 is 8.53 Å². The summed E-state index contributed by atoms with van der Waals surface area (Å²) in [6.07, 6.45) is 4.07. The highest BCUT2D eigenvalue weighted by molar-refractivity contribution is 7.44. The molecule has 0 radical (unpaired) electrons. The molecule has 2 unspecified atom stereocenters. The molecule has 0 heterocycles. The number of nitrogens with one attached hydrogen (secondary N) is 1. The summed E-state index contributed by atoms with van der Waals surface area (Å²) in [7, 11) is 2.04. The molecule has 6 rings (SSSR count). The Bertz CT molecular complexity index is 2170. The number of carbonyl (C=O) groups is 1. The zero-order valence-electron chi connectivity index (χ0n) is 37.7. The van der Waals surface area contributed by atoms with Crippen LogP contribution in [0.4, 0.5) is 4.79 Å². The van der Waals surface area contributed by atoms with Crippen molar-refractivity contribution < 1.29 is 32.8 Å². The van der Waals surface area contributed by atoms with E-state index in [2.05, 4.69) is 92.0 Å². The maximum Gasteiger partial charge on any atom is 0.407 e. The van der Waals surface area contributed by atoms with Crippen molar-refractivity contribution in [3.8, 4) is 23.3 Å². The molecule has 0 saturated carbocycles. The van der Waals surface area contributed by atoms with Crippen LogP contribution in [0.5, 0.6) is 11.5 Å². The highest BCUT2D eigenvalue weighted by Crippen LogP contribution is 2.47. The van der Waals surface area contributed by atoms with Gasteiger partial charge in [0.25, 0.3) is 8.53 Å². The van der Waals surface area contributed by atoms with Crippen molar-refractivity contribution in [2.24, 2.45) is 0 Å². The minimum absolute atomic E-state index is 0.243. The fraction of sp³-hybridized carbons (Fsp3) is 0.377. The van der Waals surface area contributed by atoms with Gasteiger partial charge in [0.2, 0.25) is 0 Å². The molecule has 9 nitrogen and oxygen atoms in total. The molecule has 0 spiro atoms. The summed E-state index contributed by atoms with van der Waals surface area (Å²) < 4.78 is 39.5. The van der Waals surface area contributed by atoms with Crippen LogP contribution in [0.25, 0.3) is 0 Å². The third kappa shape index (κ3) is 12.7. The second-order valence-electron chi connectivity index (χ2n) is 16.1. The van der Waals surface area contributed by atoms with Crippen LogP contribution in [-0.2, 0) is 30.5 Å². The molecular formula is C53H63N2O7P. The van der Waals surface area contributed by atoms with Crippen LogP contribution in [0, 0.1) is 11.8 Å². The molecule has 10 heteroatoms. The molecule has 5 aromatic rings. The molecule has 1 amide bonds. The molecule has 0 bridgehead atoms. The van der Waals surface area contributed by atoms with Crippen molar-refractivity contribution in [1.29, 1.82) is 0 Å². The number of ether oxygens (including phenoxy) is 4. The number of alkyl carbamates (subject to hydrolysis) is 1. The van der Waals surface area contributed by atoms with Crippen LogP contribution in [0.3, 0.4) is 0 Å². The van der Waals surface area contributed by atoms with E-state index < -0.39 is 26.3 Å². The van der Waals surface area contributed by atoms with Gasteiger partial charge in [0, 0.05) is 41.7 Å². The van der Waals surface area contributed by atoms with Crippen LogP contribution in [-0.4, -0.2) is 63.4 Å². The maximum atomic E-state index is 13.0. The van der Waals surface area contributed by atoms with Gasteiger partial charge in [0.1, 0.15) is 23.2 Å². The Morgan fingerprint density at radius 3 is 1.83 bits per heavy atom. The summed E-state index contributed by atoms with van der Waals surface area (Å²) in [5.74, 6) is 8.12. The van der Waals surface area contributed by atoms with Gasteiger partial charge < -0.3 is 33.3 Å². The van der Waals surface area contributed by atoms with Gasteiger partial charge in [-0.1, -0.05) is 116 Å². The monoisotopic (exact) mass is 870 g/mol. The highest BCUT2D eigenvalue weighted by atomic mass is 31.2. The number of amides is 1. The predicted octanol–water partition coefficient (Wildman–Crippen LogP) is 11.8. The minimum Gasteiger partial charge on any atom is -0.497 e. The van der Waals surface area contributed by atoms with Crippen molar-refractivity contribution in [3.05, 3.63) is 166 Å². The van der Waals surface area contributed by atoms with E-state index >= 15 is 0 Å². The average Bonchev–Trinajstić information content (AvgIpc) is 3.30. The average molecular weight is 871 g/mol. The lowest BCUT2D eigenvalue weighted by Crippen LogP contribution is -2.34. The smallest absolute Gasteiger partial charge is 0.407 e. The predicted molar refractivity (Wildman–Crippen MR) is 252 cm³/mol. The third-order valence-corrected chi connectivity index (χ3v) is 13.2. The van der Waals surface area contributed by atoms with Crippen molar-refractivity contribution in [1.82, 2.24) is 9.99 Å². The SMILES string of the molecule is COc1ccc(C(OCCCOP(OCCCCCCNC(=O)OC2Cc3ccccc3C#Cc3ccccc32)N(C(C)C)C(C)C)(c2ccccc2)c2ccc(OC)cc2)cc1. The topological polar surface area (TPSA) is 87.7 Å². The molecule has 1 aliphatic carbocycles. The molecule has 332 valence electrons. The molecule has 0 fully saturated rings. The summed E-state index contributed by atoms with van der Waals surface area (Å²) >= 11 is 0. The van der Waals surface area contributed by atoms with E-state index in [9.17, 15) is 4.79 Å². The van der Waals surface area contributed by atoms with Crippen molar-refractivity contribution in [2.45, 2.75) is 90.0 Å². The van der Waals surface area contributed by atoms with Gasteiger partial charge in [-0.2, -0.15) is 0 Å². The van der Waals surface area contributed by atoms with Crippen molar-refractivity contribution in [3.63, 3.8) is 0 Å². The Kier molecular flexibility index (Phi) is 18.0. The fourth-order valence-electron chi connectivity index (χ4n) is 7.99. The first-order valence-electron chi connectivity index (χ1n) is 22.2. The molecule has 5 aromatic carbocycles. The third-order valence-electron chi connectivity index (χ3n) is 11.1. The van der Waals surface area contributed by atoms with E-state index in [0.717, 1.165) is 76.1 Å². The minimum atomic E-state index is -1.31. The maximum absolute atomic E-state index is 13.0. The standard InChI is InChI=1S/C53H63N2O7P/c1-40(2)55(41(3)4)63(60-37-17-8-7-16-35-54-52(56)62-51-39-44-21-13-12-19-42(44)25-26-43-20-14-15-24-50(43)51)61-38-18-36-59-53(45-22-10-9-11-23-45,46-27-31-48(57-5)32-28-46)47-29-33-49(58-6)34-30-47/h9-15,19-24,27-34,40-41,51H,7-8,16-18,35-39H2,1-6H3,(H,54,56). The summed E-state index contributed by atoms with van der Waals surface area (Å²) in [5, 5.41) is 2.98. The Labute approximate surface area is 376 Å². The molecule has 1 N–H and O–H groups in total. The first-order chi connectivity index (χ1) is 30.7. The summed E-state index contributed by atoms with van der Waals surface area (Å²) in [4.78, 5) is 13.0. The molecule has 0 saturated heterocycles. The largest absolute Gasteiger partial charge is 0.497 e. The molecule has 0 aliphatic heterocycles. The first kappa shape index (κ1) is 47.3. The molecular weight excluding hydrogens is 808 g/mol. The van der Waals surface area contributed by atoms with Crippen LogP contribution < -0.4 is 14.8 Å². The number of rotatable bonds is 23. The van der Waals surface area contributed by atoms with Crippen LogP contribution in [0.2, 0.25) is 0 Å². The summed E-state index contributed by atoms with van der Waals surface area (Å²) in [6, 6.07) is 43.0. The Hall–Kier alpha value is -5.20. The lowest BCUT2D eigenvalue weighted by Gasteiger charge is -2.37. The summed E-state index contributed by atoms with van der Waals surface area (Å²) in [6.45, 7) is 10.8. The zero-order chi connectivity index (χ0) is 44.4. The number of hydrogen-bond donors (Lipinski definition) is 1. The van der Waals surface area contributed by atoms with E-state index in [1.54, 1.807) is 14.2 Å². The molecule has 1 aliphatic rings. The molecule has 63 heavy (non-hydrogen) atoms. The quantitative estimate of drug-likeness (QED) is 0.0301. The lowest BCUT2D eigenvalue weighted by molar-refractivity contribution is 0.00629. The lowest BCUT2D eigenvalue weighted by atomic mass is 9.80. The van der Waals surface area contributed by atoms with Crippen LogP contribution in [0.15, 0.2) is 127 Å². The van der Waals surface area contributed by atoms with Gasteiger partial charge >= 0.3 is 6.09 Å². The number of carbonyl (C=O) groups excluding carboxylic acids is 1. The zero-order valence-corrected chi connectivity index (χ0v) is 38.6. The van der Waals surface area contributed by atoms with Gasteiger partial charge in [-0.15, -0.1) is 0 Å². The van der Waals surface area contributed by atoms with E-state index in [-0.39, 0.29) is 12.1 Å². The highest BCUT2D eigenvalue weighted by Gasteiger charge is 2.38. The van der Waals surface area contributed by atoms with Crippen molar-refractivity contribution in [2.75, 3.05) is 40.6 Å². The van der Waals surface area contributed by atoms with E-state index in [0.29, 0.717) is 39.2 Å². The van der Waals surface area contributed by atoms with Gasteiger partial charge in [-0.3, -0.25) is 0 Å². The summed E-state index contributed by atoms with van der Waals surface area (Å²) in [5.41, 5.74) is 5.97. The van der Waals surface area contributed by atoms with E-state index in [1.165, 1.54) is 0 Å². The fourth-order valence-corrected chi connectivity index (χ4v) is 9.66. The van der Waals surface area contributed by atoms with E-state index in [4.69, 9.17) is 28.0 Å². The number of nitrogens with zero attached hydrogens (tertiary/aromatic N) is 1. The Morgan fingerprint density at radius 1 is 0.651 bits per heavy atom. The van der Waals surface area contributed by atoms with E-state index in [1.807, 2.05) is 84.9 Å². The molecule has 2 atom stereocenters. The van der Waals surface area contributed by atoms with Gasteiger partial charge in [0.05, 0.1) is 34.0 Å². The molecule has 0 aromatic heterocycles. The van der Waals surface area contributed by atoms with Gasteiger partial charge in [-0.25, -0.2) is 9.46 Å². The number of fused-ring (bicyclic) bond motifs is 2. The number of unbranched alkanes of at least 4 members (excludes halogenated alkanes) is 3. The van der Waals surface area contributed by atoms with Gasteiger partial charge in [0.15, 0.2) is 0 Å². The normalized spacial score (nSPS) is 13.9. The van der Waals surface area contributed by atoms with Crippen LogP contribution in [0.1, 0.15) is 105 Å². The first-order valence-corrected chi connectivity index (χ1v) is 23.3.